The van der Waals surface area contributed by atoms with E-state index in [2.05, 4.69) is 0 Å². The first kappa shape index (κ1) is 13.3. The van der Waals surface area contributed by atoms with Crippen LogP contribution in [-0.4, -0.2) is 19.6 Å². The molecule has 6 nitrogen and oxygen atoms in total. The number of hydrogen-bond acceptors (Lipinski definition) is 3. The van der Waals surface area contributed by atoms with Gasteiger partial charge in [0.1, 0.15) is 0 Å². The molecule has 0 amide bonds. The highest BCUT2D eigenvalue weighted by molar-refractivity contribution is 5.75. The maximum absolute atomic E-state index is 12.1. The average Bonchev–Trinajstić information content (AvgIpc) is 2.60. The van der Waals surface area contributed by atoms with Crippen LogP contribution in [0.1, 0.15) is 20.3 Å². The largest absolute Gasteiger partial charge is 0.328 e. The summed E-state index contributed by atoms with van der Waals surface area (Å²) >= 11 is 0. The Labute approximate surface area is 110 Å². The van der Waals surface area contributed by atoms with Gasteiger partial charge in [-0.05, 0) is 12.1 Å². The van der Waals surface area contributed by atoms with Crippen molar-refractivity contribution in [2.24, 2.45) is 7.05 Å². The molecule has 0 aliphatic heterocycles. The third-order valence-corrected chi connectivity index (χ3v) is 3.49. The zero-order valence-electron chi connectivity index (χ0n) is 11.3. The van der Waals surface area contributed by atoms with Crippen LogP contribution in [0.25, 0.3) is 11.0 Å². The van der Waals surface area contributed by atoms with Crippen LogP contribution in [0, 0.1) is 10.1 Å². The molecule has 0 aliphatic rings. The number of para-hydroxylation sites is 2. The number of aromatic nitrogens is 2. The highest BCUT2D eigenvalue weighted by atomic mass is 16.6. The summed E-state index contributed by atoms with van der Waals surface area (Å²) in [5, 5.41) is 10.9. The number of hydrogen-bond donors (Lipinski definition) is 0. The first-order valence-electron chi connectivity index (χ1n) is 6.13. The number of nitro groups is 1. The van der Waals surface area contributed by atoms with E-state index < -0.39 is 5.54 Å². The van der Waals surface area contributed by atoms with E-state index in [0.717, 1.165) is 11.0 Å². The summed E-state index contributed by atoms with van der Waals surface area (Å²) in [5.74, 6) is 0. The van der Waals surface area contributed by atoms with Gasteiger partial charge in [0.05, 0.1) is 11.0 Å². The Morgan fingerprint density at radius 1 is 1.26 bits per heavy atom. The molecule has 0 aliphatic carbocycles. The van der Waals surface area contributed by atoms with Crippen molar-refractivity contribution in [2.45, 2.75) is 32.4 Å². The van der Waals surface area contributed by atoms with E-state index in [-0.39, 0.29) is 10.6 Å². The first-order valence-corrected chi connectivity index (χ1v) is 6.13. The fourth-order valence-corrected chi connectivity index (χ4v) is 2.06. The molecule has 2 rings (SSSR count). The third-order valence-electron chi connectivity index (χ3n) is 3.49. The van der Waals surface area contributed by atoms with Gasteiger partial charge in [-0.25, -0.2) is 4.79 Å². The van der Waals surface area contributed by atoms with Gasteiger partial charge in [0.25, 0.3) is 0 Å². The second kappa shape index (κ2) is 4.53. The Kier molecular flexibility index (Phi) is 3.18. The number of aryl methyl sites for hydroxylation is 2. The lowest BCUT2D eigenvalue weighted by molar-refractivity contribution is -0.561. The highest BCUT2D eigenvalue weighted by Gasteiger charge is 2.30. The third kappa shape index (κ3) is 2.25. The molecule has 0 atom stereocenters. The SMILES string of the molecule is Cn1c(=O)n(CCC(C)(C)[N+](=O)[O-])c2ccccc21. The smallest absolute Gasteiger partial charge is 0.295 e. The van der Waals surface area contributed by atoms with Crippen molar-refractivity contribution in [3.8, 4) is 0 Å². The van der Waals surface area contributed by atoms with E-state index in [1.165, 1.54) is 0 Å². The fraction of sp³-hybridized carbons (Fsp3) is 0.462. The molecule has 0 saturated carbocycles. The summed E-state index contributed by atoms with van der Waals surface area (Å²) in [5.41, 5.74) is 0.483. The molecule has 6 heteroatoms. The van der Waals surface area contributed by atoms with Crippen LogP contribution in [0.2, 0.25) is 0 Å². The van der Waals surface area contributed by atoms with Crippen molar-refractivity contribution >= 4 is 11.0 Å². The minimum absolute atomic E-state index is 0.139. The monoisotopic (exact) mass is 263 g/mol. The molecular formula is C13H17N3O3. The van der Waals surface area contributed by atoms with Gasteiger partial charge < -0.3 is 0 Å². The predicted molar refractivity (Wildman–Crippen MR) is 72.9 cm³/mol. The predicted octanol–water partition coefficient (Wildman–Crippen LogP) is 1.79. The normalized spacial score (nSPS) is 11.9. The first-order chi connectivity index (χ1) is 8.84. The van der Waals surface area contributed by atoms with Crippen LogP contribution < -0.4 is 5.69 Å². The van der Waals surface area contributed by atoms with Crippen molar-refractivity contribution in [1.29, 1.82) is 0 Å². The van der Waals surface area contributed by atoms with Gasteiger partial charge >= 0.3 is 5.69 Å². The molecule has 0 spiro atoms. The second-order valence-electron chi connectivity index (χ2n) is 5.30. The zero-order chi connectivity index (χ0) is 14.2. The van der Waals surface area contributed by atoms with Crippen LogP contribution >= 0.6 is 0 Å². The maximum Gasteiger partial charge on any atom is 0.328 e. The molecule has 1 heterocycles. The molecule has 1 aromatic heterocycles. The Bertz CT molecular complexity index is 682. The Morgan fingerprint density at radius 3 is 2.42 bits per heavy atom. The van der Waals surface area contributed by atoms with Gasteiger partial charge in [0.2, 0.25) is 5.54 Å². The van der Waals surface area contributed by atoms with Crippen LogP contribution in [-0.2, 0) is 13.6 Å². The highest BCUT2D eigenvalue weighted by Crippen LogP contribution is 2.17. The van der Waals surface area contributed by atoms with Crippen LogP contribution in [0.4, 0.5) is 0 Å². The summed E-state index contributed by atoms with van der Waals surface area (Å²) in [4.78, 5) is 22.7. The number of fused-ring (bicyclic) bond motifs is 1. The molecule has 19 heavy (non-hydrogen) atoms. The zero-order valence-corrected chi connectivity index (χ0v) is 11.3. The molecule has 1 aromatic carbocycles. The van der Waals surface area contributed by atoms with Crippen LogP contribution in [0.3, 0.4) is 0 Å². The van der Waals surface area contributed by atoms with E-state index in [4.69, 9.17) is 0 Å². The van der Waals surface area contributed by atoms with Gasteiger partial charge in [-0.2, -0.15) is 0 Å². The van der Waals surface area contributed by atoms with Crippen molar-refractivity contribution in [3.05, 3.63) is 44.9 Å². The molecule has 0 N–H and O–H groups in total. The average molecular weight is 263 g/mol. The lowest BCUT2D eigenvalue weighted by Crippen LogP contribution is -2.34. The molecule has 0 radical (unpaired) electrons. The van der Waals surface area contributed by atoms with Gasteiger partial charge in [-0.3, -0.25) is 19.2 Å². The maximum atomic E-state index is 12.1. The minimum atomic E-state index is -1.03. The Hall–Kier alpha value is -2.11. The van der Waals surface area contributed by atoms with Crippen molar-refractivity contribution in [2.75, 3.05) is 0 Å². The number of benzene rings is 1. The fourth-order valence-electron chi connectivity index (χ4n) is 2.06. The van der Waals surface area contributed by atoms with E-state index in [1.54, 1.807) is 30.0 Å². The van der Waals surface area contributed by atoms with Crippen LogP contribution in [0.5, 0.6) is 0 Å². The van der Waals surface area contributed by atoms with Gasteiger partial charge in [0.15, 0.2) is 0 Å². The van der Waals surface area contributed by atoms with E-state index in [9.17, 15) is 14.9 Å². The lowest BCUT2D eigenvalue weighted by atomic mass is 10.0. The molecule has 102 valence electrons. The molecule has 0 bridgehead atoms. The molecule has 2 aromatic rings. The summed E-state index contributed by atoms with van der Waals surface area (Å²) in [6, 6.07) is 7.45. The number of rotatable bonds is 4. The summed E-state index contributed by atoms with van der Waals surface area (Å²) in [6.45, 7) is 3.49. The number of nitrogens with zero attached hydrogens (tertiary/aromatic N) is 3. The molecule has 0 saturated heterocycles. The Balaban J connectivity index is 2.39. The number of imidazole rings is 1. The quantitative estimate of drug-likeness (QED) is 0.623. The van der Waals surface area contributed by atoms with Crippen molar-refractivity contribution in [3.63, 3.8) is 0 Å². The molecular weight excluding hydrogens is 246 g/mol. The Morgan fingerprint density at radius 2 is 1.84 bits per heavy atom. The van der Waals surface area contributed by atoms with Crippen LogP contribution in [0.15, 0.2) is 29.1 Å². The van der Waals surface area contributed by atoms with Gasteiger partial charge in [-0.1, -0.05) is 12.1 Å². The summed E-state index contributed by atoms with van der Waals surface area (Å²) in [6.07, 6.45) is 0.313. The standard InChI is InChI=1S/C13H17N3O3/c1-13(2,16(18)19)8-9-15-11-7-5-4-6-10(11)14(3)12(15)17/h4-7H,8-9H2,1-3H3. The van der Waals surface area contributed by atoms with E-state index in [0.29, 0.717) is 13.0 Å². The van der Waals surface area contributed by atoms with Crippen molar-refractivity contribution in [1.82, 2.24) is 9.13 Å². The lowest BCUT2D eigenvalue weighted by Gasteiger charge is -2.15. The van der Waals surface area contributed by atoms with E-state index >= 15 is 0 Å². The van der Waals surface area contributed by atoms with Gasteiger partial charge in [0, 0.05) is 38.8 Å². The molecule has 0 unspecified atom stereocenters. The summed E-state index contributed by atoms with van der Waals surface area (Å²) < 4.78 is 3.16. The summed E-state index contributed by atoms with van der Waals surface area (Å²) in [7, 11) is 1.71. The van der Waals surface area contributed by atoms with Gasteiger partial charge in [-0.15, -0.1) is 0 Å². The topological polar surface area (TPSA) is 70.1 Å². The van der Waals surface area contributed by atoms with E-state index in [1.807, 2.05) is 24.3 Å². The minimum Gasteiger partial charge on any atom is -0.295 e. The molecule has 0 fully saturated rings. The second-order valence-corrected chi connectivity index (χ2v) is 5.30. The van der Waals surface area contributed by atoms with Crippen molar-refractivity contribution < 1.29 is 4.92 Å².